The molecule has 1 atom stereocenters. The van der Waals surface area contributed by atoms with E-state index in [2.05, 4.69) is 37.5 Å². The van der Waals surface area contributed by atoms with Gasteiger partial charge >= 0.3 is 0 Å². The molecule has 1 saturated heterocycles. The minimum Gasteiger partial charge on any atom is -0.497 e. The molecule has 3 heterocycles. The molecule has 0 saturated carbocycles. The molecule has 2 aromatic heterocycles. The monoisotopic (exact) mass is 474 g/mol. The van der Waals surface area contributed by atoms with Gasteiger partial charge in [-0.25, -0.2) is 4.68 Å². The van der Waals surface area contributed by atoms with E-state index in [1.54, 1.807) is 7.11 Å². The van der Waals surface area contributed by atoms with Crippen LogP contribution in [0.4, 0.5) is 0 Å². The Morgan fingerprint density at radius 1 is 1.17 bits per heavy atom. The maximum absolute atomic E-state index is 12.9. The maximum Gasteiger partial charge on any atom is 0.252 e. The zero-order chi connectivity index (χ0) is 24.0. The van der Waals surface area contributed by atoms with E-state index in [-0.39, 0.29) is 11.7 Å². The Bertz CT molecular complexity index is 1310. The molecule has 9 nitrogen and oxygen atoms in total. The van der Waals surface area contributed by atoms with Crippen molar-refractivity contribution in [3.63, 3.8) is 0 Å². The van der Waals surface area contributed by atoms with Crippen LogP contribution in [0.15, 0.2) is 59.4 Å². The second-order valence-corrected chi connectivity index (χ2v) is 8.94. The lowest BCUT2D eigenvalue weighted by Gasteiger charge is -2.24. The number of benzene rings is 2. The zero-order valence-corrected chi connectivity index (χ0v) is 19.9. The molecular weight excluding hydrogens is 444 g/mol. The third-order valence-corrected chi connectivity index (χ3v) is 6.43. The van der Waals surface area contributed by atoms with Gasteiger partial charge in [0.25, 0.3) is 5.56 Å². The predicted octanol–water partition coefficient (Wildman–Crippen LogP) is 2.95. The van der Waals surface area contributed by atoms with Crippen molar-refractivity contribution >= 4 is 10.9 Å². The summed E-state index contributed by atoms with van der Waals surface area (Å²) in [5.41, 5.74) is 2.62. The fourth-order valence-corrected chi connectivity index (χ4v) is 4.57. The summed E-state index contributed by atoms with van der Waals surface area (Å²) in [4.78, 5) is 18.1. The molecule has 1 N–H and O–H groups in total. The van der Waals surface area contributed by atoms with Gasteiger partial charge in [-0.1, -0.05) is 30.3 Å². The largest absolute Gasteiger partial charge is 0.497 e. The molecule has 0 amide bonds. The van der Waals surface area contributed by atoms with E-state index in [1.165, 1.54) is 5.56 Å². The van der Waals surface area contributed by atoms with Gasteiger partial charge in [-0.3, -0.25) is 9.69 Å². The van der Waals surface area contributed by atoms with Crippen LogP contribution < -0.4 is 10.3 Å². The molecular formula is C26H30N6O3. The van der Waals surface area contributed by atoms with Gasteiger partial charge in [-0.2, -0.15) is 0 Å². The third kappa shape index (κ3) is 5.75. The topological polar surface area (TPSA) is 98.2 Å². The molecule has 1 aliphatic heterocycles. The lowest BCUT2D eigenvalue weighted by atomic mass is 10.1. The lowest BCUT2D eigenvalue weighted by Crippen LogP contribution is -2.34. The number of hydrogen-bond acceptors (Lipinski definition) is 7. The molecule has 2 aromatic carbocycles. The van der Waals surface area contributed by atoms with Crippen molar-refractivity contribution in [1.82, 2.24) is 30.1 Å². The minimum absolute atomic E-state index is 0.0938. The number of nitrogens with one attached hydrogen (secondary N) is 1. The first-order valence-corrected chi connectivity index (χ1v) is 12.0. The van der Waals surface area contributed by atoms with E-state index in [1.807, 2.05) is 47.1 Å². The number of methoxy groups -OCH3 is 1. The molecule has 4 aromatic rings. The van der Waals surface area contributed by atoms with E-state index >= 15 is 0 Å². The van der Waals surface area contributed by atoms with Crippen molar-refractivity contribution in [2.24, 2.45) is 0 Å². The smallest absolute Gasteiger partial charge is 0.252 e. The number of tetrazole rings is 1. The van der Waals surface area contributed by atoms with E-state index in [0.717, 1.165) is 48.3 Å². The summed E-state index contributed by atoms with van der Waals surface area (Å²) >= 11 is 0. The number of ether oxygens (including phenoxy) is 2. The van der Waals surface area contributed by atoms with Crippen LogP contribution in [0.1, 0.15) is 29.8 Å². The first-order valence-electron chi connectivity index (χ1n) is 12.0. The van der Waals surface area contributed by atoms with Crippen molar-refractivity contribution < 1.29 is 9.47 Å². The summed E-state index contributed by atoms with van der Waals surface area (Å²) in [5.74, 6) is 1.53. The highest BCUT2D eigenvalue weighted by Crippen LogP contribution is 2.20. The zero-order valence-electron chi connectivity index (χ0n) is 19.9. The number of hydrogen-bond donors (Lipinski definition) is 1. The molecule has 182 valence electrons. The van der Waals surface area contributed by atoms with Crippen LogP contribution in [0.5, 0.6) is 5.75 Å². The second-order valence-electron chi connectivity index (χ2n) is 8.94. The quantitative estimate of drug-likeness (QED) is 0.377. The summed E-state index contributed by atoms with van der Waals surface area (Å²) in [6.45, 7) is 3.17. The van der Waals surface area contributed by atoms with Crippen molar-refractivity contribution in [3.05, 3.63) is 81.9 Å². The molecule has 9 heteroatoms. The predicted molar refractivity (Wildman–Crippen MR) is 132 cm³/mol. The van der Waals surface area contributed by atoms with Crippen molar-refractivity contribution in [2.75, 3.05) is 20.3 Å². The average molecular weight is 475 g/mol. The summed E-state index contributed by atoms with van der Waals surface area (Å²) < 4.78 is 13.1. The molecule has 0 aliphatic carbocycles. The lowest BCUT2D eigenvalue weighted by molar-refractivity contribution is 0.0663. The molecule has 0 unspecified atom stereocenters. The first-order chi connectivity index (χ1) is 17.2. The highest BCUT2D eigenvalue weighted by molar-refractivity contribution is 5.80. The number of aromatic nitrogens is 5. The number of H-pyrrole nitrogens is 1. The summed E-state index contributed by atoms with van der Waals surface area (Å²) in [6.07, 6.45) is 3.06. The Hall–Kier alpha value is -3.56. The number of rotatable bonds is 10. The van der Waals surface area contributed by atoms with Gasteiger partial charge in [-0.15, -0.1) is 5.10 Å². The normalized spacial score (nSPS) is 15.8. The Kier molecular flexibility index (Phi) is 7.15. The van der Waals surface area contributed by atoms with Crippen LogP contribution in [0.3, 0.4) is 0 Å². The number of pyridine rings is 1. The van der Waals surface area contributed by atoms with Gasteiger partial charge in [0.15, 0.2) is 5.82 Å². The molecule has 0 spiro atoms. The maximum atomic E-state index is 12.9. The van der Waals surface area contributed by atoms with Crippen LogP contribution in [0.25, 0.3) is 10.9 Å². The average Bonchev–Trinajstić information content (AvgIpc) is 3.55. The number of nitrogens with zero attached hydrogens (tertiary/aromatic N) is 5. The fraction of sp³-hybridized carbons (Fsp3) is 0.385. The third-order valence-electron chi connectivity index (χ3n) is 6.43. The van der Waals surface area contributed by atoms with Crippen molar-refractivity contribution in [2.45, 2.75) is 45.0 Å². The standard InChI is InChI=1S/C26H30N6O3/c1-34-22-9-10-24-20(15-22)14-21(26(33)27-24)16-31(17-23-8-5-13-35-23)18-25-28-29-30-32(25)12-11-19-6-3-2-4-7-19/h2-4,6-7,9-10,14-15,23H,5,8,11-13,16-18H2,1H3,(H,27,33)/t23-/m1/s1. The van der Waals surface area contributed by atoms with E-state index in [0.29, 0.717) is 31.7 Å². The Morgan fingerprint density at radius 3 is 2.86 bits per heavy atom. The number of aryl methyl sites for hydroxylation is 2. The molecule has 5 rings (SSSR count). The Labute approximate surface area is 203 Å². The highest BCUT2D eigenvalue weighted by Gasteiger charge is 2.22. The SMILES string of the molecule is COc1ccc2[nH]c(=O)c(CN(Cc3nnnn3CCc3ccccc3)C[C@H]3CCCO3)cc2c1. The molecule has 1 aliphatic rings. The van der Waals surface area contributed by atoms with Gasteiger partial charge in [0.1, 0.15) is 5.75 Å². The van der Waals surface area contributed by atoms with Crippen molar-refractivity contribution in [1.29, 1.82) is 0 Å². The van der Waals surface area contributed by atoms with E-state index < -0.39 is 0 Å². The Morgan fingerprint density at radius 2 is 2.06 bits per heavy atom. The van der Waals surface area contributed by atoms with Crippen LogP contribution in [0.2, 0.25) is 0 Å². The van der Waals surface area contributed by atoms with E-state index in [9.17, 15) is 4.79 Å². The second kappa shape index (κ2) is 10.8. The Balaban J connectivity index is 1.36. The minimum atomic E-state index is -0.0938. The number of fused-ring (bicyclic) bond motifs is 1. The van der Waals surface area contributed by atoms with Crippen LogP contribution >= 0.6 is 0 Å². The summed E-state index contributed by atoms with van der Waals surface area (Å²) in [5, 5.41) is 13.4. The molecule has 0 radical (unpaired) electrons. The highest BCUT2D eigenvalue weighted by atomic mass is 16.5. The van der Waals surface area contributed by atoms with Gasteiger partial charge in [0.05, 0.1) is 19.8 Å². The summed E-state index contributed by atoms with van der Waals surface area (Å²) in [6, 6.07) is 17.9. The molecule has 1 fully saturated rings. The molecule has 0 bridgehead atoms. The van der Waals surface area contributed by atoms with Crippen LogP contribution in [-0.4, -0.2) is 56.5 Å². The van der Waals surface area contributed by atoms with Gasteiger partial charge in [0.2, 0.25) is 0 Å². The molecule has 35 heavy (non-hydrogen) atoms. The van der Waals surface area contributed by atoms with Gasteiger partial charge in [0, 0.05) is 42.7 Å². The van der Waals surface area contributed by atoms with Crippen molar-refractivity contribution in [3.8, 4) is 5.75 Å². The van der Waals surface area contributed by atoms with Crippen LogP contribution in [0, 0.1) is 0 Å². The number of aromatic amines is 1. The van der Waals surface area contributed by atoms with Gasteiger partial charge in [-0.05, 0) is 59.5 Å². The van der Waals surface area contributed by atoms with Gasteiger partial charge < -0.3 is 14.5 Å². The van der Waals surface area contributed by atoms with Crippen LogP contribution in [-0.2, 0) is 30.8 Å². The summed E-state index contributed by atoms with van der Waals surface area (Å²) in [7, 11) is 1.64. The fourth-order valence-electron chi connectivity index (χ4n) is 4.57. The van der Waals surface area contributed by atoms with E-state index in [4.69, 9.17) is 9.47 Å². The first kappa shape index (κ1) is 23.2.